The van der Waals surface area contributed by atoms with Crippen LogP contribution in [0.3, 0.4) is 0 Å². The number of rotatable bonds is 1. The molecule has 0 radical (unpaired) electrons. The average Bonchev–Trinajstić information content (AvgIpc) is 2.42. The van der Waals surface area contributed by atoms with Crippen LogP contribution < -0.4 is 5.32 Å². The minimum absolute atomic E-state index is 0.330. The lowest BCUT2D eigenvalue weighted by atomic mass is 10.1. The summed E-state index contributed by atoms with van der Waals surface area (Å²) in [6, 6.07) is 4.90. The standard InChI is InChI=1S/C9H7NO3/c1-10-5-2-3-6-7(4-5)9(12)13-8(6)11/h2-4,10H,1H3. The number of fused-ring (bicyclic) bond motifs is 1. The molecule has 13 heavy (non-hydrogen) atoms. The van der Waals surface area contributed by atoms with Crippen LogP contribution in [0.5, 0.6) is 0 Å². The fourth-order valence-corrected chi connectivity index (χ4v) is 1.24. The van der Waals surface area contributed by atoms with Gasteiger partial charge >= 0.3 is 11.9 Å². The topological polar surface area (TPSA) is 55.4 Å². The van der Waals surface area contributed by atoms with Gasteiger partial charge in [-0.3, -0.25) is 0 Å². The number of hydrogen-bond donors (Lipinski definition) is 1. The molecule has 1 heterocycles. The number of benzene rings is 1. The number of esters is 2. The van der Waals surface area contributed by atoms with E-state index in [1.165, 1.54) is 0 Å². The Labute approximate surface area is 74.5 Å². The second kappa shape index (κ2) is 2.58. The van der Waals surface area contributed by atoms with E-state index in [0.29, 0.717) is 11.1 Å². The van der Waals surface area contributed by atoms with Crippen LogP contribution in [0.1, 0.15) is 20.7 Å². The Kier molecular flexibility index (Phi) is 1.55. The molecule has 4 heteroatoms. The first-order valence-corrected chi connectivity index (χ1v) is 3.80. The van der Waals surface area contributed by atoms with Gasteiger partial charge in [-0.05, 0) is 18.2 Å². The molecule has 0 aliphatic carbocycles. The van der Waals surface area contributed by atoms with Crippen LogP contribution in [0.15, 0.2) is 18.2 Å². The largest absolute Gasteiger partial charge is 0.388 e. The van der Waals surface area contributed by atoms with E-state index in [1.807, 2.05) is 0 Å². The van der Waals surface area contributed by atoms with Gasteiger partial charge in [-0.15, -0.1) is 0 Å². The first-order valence-electron chi connectivity index (χ1n) is 3.80. The molecule has 0 saturated heterocycles. The van der Waals surface area contributed by atoms with Crippen molar-refractivity contribution in [2.75, 3.05) is 12.4 Å². The predicted octanol–water partition coefficient (Wildman–Crippen LogP) is 1.04. The zero-order chi connectivity index (χ0) is 9.42. The highest BCUT2D eigenvalue weighted by Gasteiger charge is 2.29. The quantitative estimate of drug-likeness (QED) is 0.514. The molecule has 1 aromatic carbocycles. The highest BCUT2D eigenvalue weighted by Crippen LogP contribution is 2.22. The summed E-state index contributed by atoms with van der Waals surface area (Å²) in [4.78, 5) is 22.1. The Hall–Kier alpha value is -1.84. The molecule has 1 aromatic rings. The summed E-state index contributed by atoms with van der Waals surface area (Å²) in [7, 11) is 1.74. The zero-order valence-corrected chi connectivity index (χ0v) is 6.96. The van der Waals surface area contributed by atoms with E-state index < -0.39 is 11.9 Å². The lowest BCUT2D eigenvalue weighted by Crippen LogP contribution is -1.97. The van der Waals surface area contributed by atoms with Crippen molar-refractivity contribution >= 4 is 17.6 Å². The Morgan fingerprint density at radius 2 is 1.85 bits per heavy atom. The van der Waals surface area contributed by atoms with Gasteiger partial charge in [0.05, 0.1) is 11.1 Å². The minimum atomic E-state index is -0.572. The van der Waals surface area contributed by atoms with Crippen molar-refractivity contribution in [2.24, 2.45) is 0 Å². The zero-order valence-electron chi connectivity index (χ0n) is 6.96. The van der Waals surface area contributed by atoms with E-state index in [1.54, 1.807) is 25.2 Å². The first-order chi connectivity index (χ1) is 6.22. The van der Waals surface area contributed by atoms with Crippen molar-refractivity contribution in [3.8, 4) is 0 Å². The molecule has 0 bridgehead atoms. The monoisotopic (exact) mass is 177 g/mol. The van der Waals surface area contributed by atoms with Crippen molar-refractivity contribution in [3.63, 3.8) is 0 Å². The van der Waals surface area contributed by atoms with Crippen LogP contribution in [0.4, 0.5) is 5.69 Å². The molecule has 1 aliphatic heterocycles. The van der Waals surface area contributed by atoms with Gasteiger partial charge in [0.2, 0.25) is 0 Å². The Morgan fingerprint density at radius 3 is 2.54 bits per heavy atom. The smallest absolute Gasteiger partial charge is 0.346 e. The summed E-state index contributed by atoms with van der Waals surface area (Å²) in [5, 5.41) is 2.87. The summed E-state index contributed by atoms with van der Waals surface area (Å²) in [6.07, 6.45) is 0. The third-order valence-electron chi connectivity index (χ3n) is 1.93. The van der Waals surface area contributed by atoms with Crippen LogP contribution in [-0.4, -0.2) is 19.0 Å². The predicted molar refractivity (Wildman–Crippen MR) is 45.7 cm³/mol. The number of ether oxygens (including phenoxy) is 1. The van der Waals surface area contributed by atoms with Gasteiger partial charge in [0.1, 0.15) is 0 Å². The first kappa shape index (κ1) is 7.79. The SMILES string of the molecule is CNc1ccc2c(c1)C(=O)OC2=O. The number of nitrogens with one attached hydrogen (secondary N) is 1. The molecule has 2 rings (SSSR count). The normalized spacial score (nSPS) is 13.9. The van der Waals surface area contributed by atoms with Gasteiger partial charge in [0.15, 0.2) is 0 Å². The lowest BCUT2D eigenvalue weighted by molar-refractivity contribution is 0.0444. The van der Waals surface area contributed by atoms with Crippen LogP contribution >= 0.6 is 0 Å². The van der Waals surface area contributed by atoms with Gasteiger partial charge in [0, 0.05) is 12.7 Å². The van der Waals surface area contributed by atoms with Gasteiger partial charge in [-0.2, -0.15) is 0 Å². The molecule has 0 fully saturated rings. The molecule has 4 nitrogen and oxygen atoms in total. The minimum Gasteiger partial charge on any atom is -0.388 e. The van der Waals surface area contributed by atoms with Crippen LogP contribution in [0, 0.1) is 0 Å². The fourth-order valence-electron chi connectivity index (χ4n) is 1.24. The van der Waals surface area contributed by atoms with E-state index in [9.17, 15) is 9.59 Å². The van der Waals surface area contributed by atoms with Crippen LogP contribution in [0.2, 0.25) is 0 Å². The van der Waals surface area contributed by atoms with Gasteiger partial charge in [-0.1, -0.05) is 0 Å². The maximum Gasteiger partial charge on any atom is 0.346 e. The van der Waals surface area contributed by atoms with Crippen molar-refractivity contribution in [1.29, 1.82) is 0 Å². The van der Waals surface area contributed by atoms with Crippen molar-refractivity contribution in [3.05, 3.63) is 29.3 Å². The van der Waals surface area contributed by atoms with Crippen molar-refractivity contribution in [2.45, 2.75) is 0 Å². The Bertz CT molecular complexity index is 398. The molecule has 0 aromatic heterocycles. The fraction of sp³-hybridized carbons (Fsp3) is 0.111. The van der Waals surface area contributed by atoms with E-state index in [-0.39, 0.29) is 0 Å². The van der Waals surface area contributed by atoms with Crippen molar-refractivity contribution < 1.29 is 14.3 Å². The van der Waals surface area contributed by atoms with Gasteiger partial charge in [-0.25, -0.2) is 9.59 Å². The molecule has 0 amide bonds. The second-order valence-electron chi connectivity index (χ2n) is 2.69. The average molecular weight is 177 g/mol. The summed E-state index contributed by atoms with van der Waals surface area (Å²) in [6.45, 7) is 0. The Morgan fingerprint density at radius 1 is 1.15 bits per heavy atom. The summed E-state index contributed by atoms with van der Waals surface area (Å²) < 4.78 is 4.43. The highest BCUT2D eigenvalue weighted by atomic mass is 16.6. The number of hydrogen-bond acceptors (Lipinski definition) is 4. The lowest BCUT2D eigenvalue weighted by Gasteiger charge is -1.99. The van der Waals surface area contributed by atoms with Crippen molar-refractivity contribution in [1.82, 2.24) is 0 Å². The molecule has 1 N–H and O–H groups in total. The van der Waals surface area contributed by atoms with E-state index in [4.69, 9.17) is 0 Å². The maximum atomic E-state index is 11.1. The van der Waals surface area contributed by atoms with Gasteiger partial charge in [0.25, 0.3) is 0 Å². The highest BCUT2D eigenvalue weighted by molar-refractivity contribution is 6.15. The number of carbonyl (C=O) groups is 2. The van der Waals surface area contributed by atoms with E-state index in [2.05, 4.69) is 10.1 Å². The molecule has 1 aliphatic rings. The summed E-state index contributed by atoms with van der Waals surface area (Å²) in [5.41, 5.74) is 1.45. The second-order valence-corrected chi connectivity index (χ2v) is 2.69. The summed E-state index contributed by atoms with van der Waals surface area (Å²) in [5.74, 6) is -1.14. The number of cyclic esters (lactones) is 2. The van der Waals surface area contributed by atoms with Crippen LogP contribution in [0.25, 0.3) is 0 Å². The molecular formula is C9H7NO3. The molecular weight excluding hydrogens is 170 g/mol. The van der Waals surface area contributed by atoms with E-state index >= 15 is 0 Å². The molecule has 0 saturated carbocycles. The van der Waals surface area contributed by atoms with Gasteiger partial charge < -0.3 is 10.1 Å². The molecule has 0 unspecified atom stereocenters. The Balaban J connectivity index is 2.58. The third-order valence-corrected chi connectivity index (χ3v) is 1.93. The molecule has 66 valence electrons. The molecule has 0 atom stereocenters. The third kappa shape index (κ3) is 1.07. The number of anilines is 1. The maximum absolute atomic E-state index is 11.1. The molecule has 0 spiro atoms. The van der Waals surface area contributed by atoms with E-state index in [0.717, 1.165) is 5.69 Å². The van der Waals surface area contributed by atoms with Crippen LogP contribution in [-0.2, 0) is 4.74 Å². The summed E-state index contributed by atoms with van der Waals surface area (Å²) >= 11 is 0. The number of carbonyl (C=O) groups excluding carboxylic acids is 2.